The number of hydrogen-bond donors (Lipinski definition) is 1. The lowest BCUT2D eigenvalue weighted by atomic mass is 10.0. The van der Waals surface area contributed by atoms with Gasteiger partial charge in [-0.3, -0.25) is 0 Å². The van der Waals surface area contributed by atoms with Crippen LogP contribution in [0.4, 0.5) is 4.39 Å². The highest BCUT2D eigenvalue weighted by molar-refractivity contribution is 5.86. The number of nitrogens with zero attached hydrogens (tertiary/aromatic N) is 1. The van der Waals surface area contributed by atoms with Gasteiger partial charge in [-0.05, 0) is 30.6 Å². The molecule has 102 valence electrons. The van der Waals surface area contributed by atoms with E-state index in [-0.39, 0.29) is 5.82 Å². The number of likely N-dealkylation sites (N-methyl/N-ethyl adjacent to an activating group) is 2. The first-order chi connectivity index (χ1) is 9.22. The Morgan fingerprint density at radius 2 is 1.84 bits per heavy atom. The van der Waals surface area contributed by atoms with Gasteiger partial charge in [0.15, 0.2) is 0 Å². The van der Waals surface area contributed by atoms with Crippen molar-refractivity contribution in [2.75, 3.05) is 26.7 Å². The second-order valence-electron chi connectivity index (χ2n) is 4.84. The van der Waals surface area contributed by atoms with E-state index in [9.17, 15) is 4.39 Å². The minimum atomic E-state index is -0.144. The van der Waals surface area contributed by atoms with E-state index in [4.69, 9.17) is 0 Å². The summed E-state index contributed by atoms with van der Waals surface area (Å²) in [5.74, 6) is -0.144. The van der Waals surface area contributed by atoms with E-state index in [2.05, 4.69) is 24.2 Å². The molecule has 2 aromatic rings. The van der Waals surface area contributed by atoms with Gasteiger partial charge < -0.3 is 10.2 Å². The Balaban J connectivity index is 2.14. The smallest absolute Gasteiger partial charge is 0.131 e. The number of fused-ring (bicyclic) bond motifs is 1. The second kappa shape index (κ2) is 6.64. The highest BCUT2D eigenvalue weighted by atomic mass is 19.1. The lowest BCUT2D eigenvalue weighted by Crippen LogP contribution is -2.28. The molecule has 0 saturated carbocycles. The van der Waals surface area contributed by atoms with Crippen LogP contribution < -0.4 is 5.32 Å². The van der Waals surface area contributed by atoms with Gasteiger partial charge in [0.25, 0.3) is 0 Å². The number of halogens is 1. The Morgan fingerprint density at radius 3 is 2.58 bits per heavy atom. The molecule has 19 heavy (non-hydrogen) atoms. The molecule has 0 heterocycles. The molecule has 0 aromatic heterocycles. The van der Waals surface area contributed by atoms with Gasteiger partial charge in [0, 0.05) is 25.0 Å². The Labute approximate surface area is 114 Å². The second-order valence-corrected chi connectivity index (χ2v) is 4.84. The van der Waals surface area contributed by atoms with Crippen LogP contribution in [0.15, 0.2) is 36.4 Å². The molecular weight excluding hydrogens is 239 g/mol. The summed E-state index contributed by atoms with van der Waals surface area (Å²) in [5.41, 5.74) is 1.18. The summed E-state index contributed by atoms with van der Waals surface area (Å²) >= 11 is 0. The summed E-state index contributed by atoms with van der Waals surface area (Å²) < 4.78 is 13.7. The van der Waals surface area contributed by atoms with Gasteiger partial charge >= 0.3 is 0 Å². The predicted octanol–water partition coefficient (Wildman–Crippen LogP) is 3.02. The summed E-state index contributed by atoms with van der Waals surface area (Å²) in [6, 6.07) is 11.1. The standard InChI is InChI=1S/C16H21FN2/c1-3-18-10-11-19(2)12-13-8-9-16(17)15-7-5-4-6-14(13)15/h4-9,18H,3,10-12H2,1-2H3. The molecule has 2 nitrogen and oxygen atoms in total. The third-order valence-corrected chi connectivity index (χ3v) is 3.32. The fourth-order valence-electron chi connectivity index (χ4n) is 2.28. The van der Waals surface area contributed by atoms with E-state index >= 15 is 0 Å². The minimum Gasteiger partial charge on any atom is -0.316 e. The van der Waals surface area contributed by atoms with Crippen LogP contribution in [0.5, 0.6) is 0 Å². The summed E-state index contributed by atoms with van der Waals surface area (Å²) in [7, 11) is 2.09. The van der Waals surface area contributed by atoms with Crippen molar-refractivity contribution in [2.24, 2.45) is 0 Å². The van der Waals surface area contributed by atoms with Crippen molar-refractivity contribution in [2.45, 2.75) is 13.5 Å². The Kier molecular flexibility index (Phi) is 4.88. The fourth-order valence-corrected chi connectivity index (χ4v) is 2.28. The first-order valence-corrected chi connectivity index (χ1v) is 6.77. The quantitative estimate of drug-likeness (QED) is 0.803. The van der Waals surface area contributed by atoms with E-state index in [1.807, 2.05) is 30.3 Å². The van der Waals surface area contributed by atoms with E-state index in [1.54, 1.807) is 6.07 Å². The van der Waals surface area contributed by atoms with Crippen LogP contribution in [-0.4, -0.2) is 31.6 Å². The van der Waals surface area contributed by atoms with Crippen molar-refractivity contribution < 1.29 is 4.39 Å². The number of hydrogen-bond acceptors (Lipinski definition) is 2. The minimum absolute atomic E-state index is 0.144. The molecule has 0 spiro atoms. The molecule has 2 rings (SSSR count). The van der Waals surface area contributed by atoms with Crippen molar-refractivity contribution in [1.82, 2.24) is 10.2 Å². The first-order valence-electron chi connectivity index (χ1n) is 6.77. The molecule has 0 saturated heterocycles. The van der Waals surface area contributed by atoms with E-state index in [0.717, 1.165) is 31.6 Å². The maximum absolute atomic E-state index is 13.7. The van der Waals surface area contributed by atoms with Crippen molar-refractivity contribution in [3.05, 3.63) is 47.8 Å². The number of benzene rings is 2. The molecule has 0 aliphatic heterocycles. The van der Waals surface area contributed by atoms with E-state index < -0.39 is 0 Å². The molecule has 0 aliphatic carbocycles. The van der Waals surface area contributed by atoms with E-state index in [0.29, 0.717) is 5.39 Å². The largest absolute Gasteiger partial charge is 0.316 e. The van der Waals surface area contributed by atoms with Gasteiger partial charge in [0.1, 0.15) is 5.82 Å². The number of rotatable bonds is 6. The predicted molar refractivity (Wildman–Crippen MR) is 78.8 cm³/mol. The van der Waals surface area contributed by atoms with Crippen LogP contribution in [-0.2, 0) is 6.54 Å². The highest BCUT2D eigenvalue weighted by Gasteiger charge is 2.07. The fraction of sp³-hybridized carbons (Fsp3) is 0.375. The highest BCUT2D eigenvalue weighted by Crippen LogP contribution is 2.22. The van der Waals surface area contributed by atoms with Gasteiger partial charge in [0.2, 0.25) is 0 Å². The lowest BCUT2D eigenvalue weighted by Gasteiger charge is -2.18. The summed E-state index contributed by atoms with van der Waals surface area (Å²) in [5, 5.41) is 5.03. The van der Waals surface area contributed by atoms with E-state index in [1.165, 1.54) is 5.56 Å². The van der Waals surface area contributed by atoms with Gasteiger partial charge in [-0.1, -0.05) is 37.3 Å². The molecule has 0 atom stereocenters. The van der Waals surface area contributed by atoms with Gasteiger partial charge in [-0.2, -0.15) is 0 Å². The molecule has 0 aliphatic rings. The first kappa shape index (κ1) is 14.0. The molecular formula is C16H21FN2. The topological polar surface area (TPSA) is 15.3 Å². The van der Waals surface area contributed by atoms with Crippen LogP contribution in [0, 0.1) is 5.82 Å². The van der Waals surface area contributed by atoms with Gasteiger partial charge in [0.05, 0.1) is 0 Å². The maximum Gasteiger partial charge on any atom is 0.131 e. The molecule has 0 radical (unpaired) electrons. The Morgan fingerprint density at radius 1 is 1.11 bits per heavy atom. The van der Waals surface area contributed by atoms with Gasteiger partial charge in [-0.25, -0.2) is 4.39 Å². The average Bonchev–Trinajstić information content (AvgIpc) is 2.43. The average molecular weight is 260 g/mol. The Bertz CT molecular complexity index is 539. The monoisotopic (exact) mass is 260 g/mol. The molecule has 2 aromatic carbocycles. The molecule has 0 fully saturated rings. The van der Waals surface area contributed by atoms with Crippen molar-refractivity contribution >= 4 is 10.8 Å². The Hall–Kier alpha value is -1.45. The summed E-state index contributed by atoms with van der Waals surface area (Å²) in [4.78, 5) is 2.25. The molecule has 0 bridgehead atoms. The zero-order valence-corrected chi connectivity index (χ0v) is 11.6. The van der Waals surface area contributed by atoms with Gasteiger partial charge in [-0.15, -0.1) is 0 Å². The zero-order valence-electron chi connectivity index (χ0n) is 11.6. The van der Waals surface area contributed by atoms with Crippen LogP contribution in [0.2, 0.25) is 0 Å². The summed E-state index contributed by atoms with van der Waals surface area (Å²) in [6.07, 6.45) is 0. The third kappa shape index (κ3) is 3.52. The molecule has 3 heteroatoms. The van der Waals surface area contributed by atoms with Crippen LogP contribution >= 0.6 is 0 Å². The van der Waals surface area contributed by atoms with Crippen molar-refractivity contribution in [3.63, 3.8) is 0 Å². The molecule has 1 N–H and O–H groups in total. The third-order valence-electron chi connectivity index (χ3n) is 3.32. The summed E-state index contributed by atoms with van der Waals surface area (Å²) in [6.45, 7) is 5.90. The van der Waals surface area contributed by atoms with Crippen LogP contribution in [0.25, 0.3) is 10.8 Å². The molecule has 0 amide bonds. The normalized spacial score (nSPS) is 11.4. The lowest BCUT2D eigenvalue weighted by molar-refractivity contribution is 0.326. The van der Waals surface area contributed by atoms with Crippen molar-refractivity contribution in [3.8, 4) is 0 Å². The van der Waals surface area contributed by atoms with Crippen LogP contribution in [0.3, 0.4) is 0 Å². The SMILES string of the molecule is CCNCCN(C)Cc1ccc(F)c2ccccc12. The molecule has 0 unspecified atom stereocenters. The van der Waals surface area contributed by atoms with Crippen molar-refractivity contribution in [1.29, 1.82) is 0 Å². The van der Waals surface area contributed by atoms with Crippen LogP contribution in [0.1, 0.15) is 12.5 Å². The zero-order chi connectivity index (χ0) is 13.7. The maximum atomic E-state index is 13.7. The number of nitrogens with one attached hydrogen (secondary N) is 1.